The summed E-state index contributed by atoms with van der Waals surface area (Å²) in [4.78, 5) is 49.7. The number of methoxy groups -OCH3 is 1. The van der Waals surface area contributed by atoms with E-state index in [1.807, 2.05) is 13.8 Å². The molecule has 1 aromatic carbocycles. The minimum Gasteiger partial charge on any atom is -0.468 e. The molecule has 0 saturated carbocycles. The van der Waals surface area contributed by atoms with Crippen LogP contribution in [0.4, 0.5) is 0 Å². The fraction of sp³-hybridized carbons (Fsp3) is 0.655. The molecule has 1 N–H and O–H groups in total. The van der Waals surface area contributed by atoms with Crippen LogP contribution in [0.5, 0.6) is 11.5 Å². The van der Waals surface area contributed by atoms with Gasteiger partial charge in [0.05, 0.1) is 17.9 Å². The van der Waals surface area contributed by atoms with Crippen molar-refractivity contribution in [2.45, 2.75) is 93.7 Å². The van der Waals surface area contributed by atoms with E-state index in [4.69, 9.17) is 18.9 Å². The number of hydrogen-bond acceptors (Lipinski definition) is 9. The molecule has 2 unspecified atom stereocenters. The van der Waals surface area contributed by atoms with Crippen molar-refractivity contribution in [1.82, 2.24) is 5.32 Å². The summed E-state index contributed by atoms with van der Waals surface area (Å²) >= 11 is 0. The van der Waals surface area contributed by atoms with Crippen LogP contribution in [0.2, 0.25) is 0 Å². The largest absolute Gasteiger partial charge is 0.468 e. The van der Waals surface area contributed by atoms with E-state index >= 15 is 0 Å². The normalized spacial score (nSPS) is 14.2. The molecule has 38 heavy (non-hydrogen) atoms. The maximum absolute atomic E-state index is 12.6. The molecule has 0 aliphatic carbocycles. The molecule has 0 heterocycles. The van der Waals surface area contributed by atoms with Crippen LogP contribution in [0.3, 0.4) is 0 Å². The Morgan fingerprint density at radius 3 is 1.95 bits per heavy atom. The van der Waals surface area contributed by atoms with Crippen molar-refractivity contribution in [3.05, 3.63) is 23.8 Å². The minimum atomic E-state index is -0.792. The Labute approximate surface area is 226 Å². The van der Waals surface area contributed by atoms with Gasteiger partial charge in [-0.3, -0.25) is 19.2 Å². The summed E-state index contributed by atoms with van der Waals surface area (Å²) in [5, 5.41) is 3.10. The first-order valence-electron chi connectivity index (χ1n) is 13.1. The summed E-state index contributed by atoms with van der Waals surface area (Å²) < 4.78 is 21.5. The van der Waals surface area contributed by atoms with Crippen LogP contribution >= 0.6 is 0 Å². The van der Waals surface area contributed by atoms with E-state index in [0.29, 0.717) is 12.0 Å². The average molecular weight is 536 g/mol. The topological polar surface area (TPSA) is 117 Å². The monoisotopic (exact) mass is 535 g/mol. The number of esters is 4. The fourth-order valence-corrected chi connectivity index (χ4v) is 3.02. The van der Waals surface area contributed by atoms with Crippen LogP contribution in [0.15, 0.2) is 18.2 Å². The average Bonchev–Trinajstić information content (AvgIpc) is 2.81. The van der Waals surface area contributed by atoms with Crippen LogP contribution in [0, 0.1) is 16.7 Å². The summed E-state index contributed by atoms with van der Waals surface area (Å²) in [6.07, 6.45) is 0.950. The van der Waals surface area contributed by atoms with Crippen molar-refractivity contribution in [2.24, 2.45) is 16.7 Å². The zero-order chi connectivity index (χ0) is 29.3. The molecular weight excluding hydrogens is 490 g/mol. The second kappa shape index (κ2) is 14.3. The van der Waals surface area contributed by atoms with Gasteiger partial charge < -0.3 is 24.3 Å². The van der Waals surface area contributed by atoms with Gasteiger partial charge in [0, 0.05) is 13.0 Å². The Morgan fingerprint density at radius 1 is 0.895 bits per heavy atom. The molecule has 214 valence electrons. The number of rotatable bonds is 12. The van der Waals surface area contributed by atoms with Crippen molar-refractivity contribution < 1.29 is 38.1 Å². The zero-order valence-electron chi connectivity index (χ0n) is 24.6. The van der Waals surface area contributed by atoms with Gasteiger partial charge in [0.25, 0.3) is 0 Å². The second-order valence-electron chi connectivity index (χ2n) is 11.8. The molecule has 0 aliphatic rings. The van der Waals surface area contributed by atoms with Gasteiger partial charge in [-0.05, 0) is 78.5 Å². The lowest BCUT2D eigenvalue weighted by Gasteiger charge is -2.22. The quantitative estimate of drug-likeness (QED) is 0.302. The first kappa shape index (κ1) is 33.1. The molecular formula is C29H45NO8. The van der Waals surface area contributed by atoms with Gasteiger partial charge in [0.15, 0.2) is 11.5 Å². The molecule has 0 saturated heterocycles. The third-order valence-electron chi connectivity index (χ3n) is 5.76. The van der Waals surface area contributed by atoms with Crippen molar-refractivity contribution >= 4 is 23.9 Å². The number of carbonyl (C=O) groups is 4. The SMILES string of the molecule is CCC(C)CC(=O)OC(C)CN[C@@H](Cc1ccc(OC(=O)C(C)(C)C)c(OC(=O)C(C)(C)C)c1)C(=O)OC. The summed E-state index contributed by atoms with van der Waals surface area (Å²) in [5.74, 6) is -1.35. The maximum Gasteiger partial charge on any atom is 0.323 e. The Morgan fingerprint density at radius 2 is 1.45 bits per heavy atom. The predicted molar refractivity (Wildman–Crippen MR) is 144 cm³/mol. The van der Waals surface area contributed by atoms with Crippen molar-refractivity contribution in [3.8, 4) is 11.5 Å². The van der Waals surface area contributed by atoms with Gasteiger partial charge in [-0.25, -0.2) is 0 Å². The molecule has 0 amide bonds. The highest BCUT2D eigenvalue weighted by Crippen LogP contribution is 2.33. The van der Waals surface area contributed by atoms with Crippen molar-refractivity contribution in [1.29, 1.82) is 0 Å². The van der Waals surface area contributed by atoms with E-state index in [-0.39, 0.29) is 36.4 Å². The first-order chi connectivity index (χ1) is 17.5. The standard InChI is InChI=1S/C29H45NO8/c1-11-18(2)14-24(31)36-19(3)17-30-21(25(32)35-10)15-20-12-13-22(37-26(33)28(4,5)6)23(16-20)38-27(34)29(7,8)9/h12-13,16,18-19,21,30H,11,14-15,17H2,1-10H3/t18?,19?,21-/m0/s1. The smallest absolute Gasteiger partial charge is 0.323 e. The number of carbonyl (C=O) groups excluding carboxylic acids is 4. The van der Waals surface area contributed by atoms with E-state index in [1.54, 1.807) is 60.6 Å². The van der Waals surface area contributed by atoms with Crippen LogP contribution in [-0.4, -0.2) is 49.7 Å². The number of benzene rings is 1. The molecule has 1 rings (SSSR count). The highest BCUT2D eigenvalue weighted by Gasteiger charge is 2.29. The Balaban J connectivity index is 3.10. The van der Waals surface area contributed by atoms with E-state index in [9.17, 15) is 19.2 Å². The molecule has 0 radical (unpaired) electrons. The summed E-state index contributed by atoms with van der Waals surface area (Å²) in [5.41, 5.74) is -0.917. The van der Waals surface area contributed by atoms with E-state index in [2.05, 4.69) is 5.32 Å². The molecule has 0 spiro atoms. The number of hydrogen-bond donors (Lipinski definition) is 1. The highest BCUT2D eigenvalue weighted by molar-refractivity contribution is 5.81. The molecule has 0 aliphatic heterocycles. The maximum atomic E-state index is 12.6. The lowest BCUT2D eigenvalue weighted by Crippen LogP contribution is -2.43. The van der Waals surface area contributed by atoms with Gasteiger partial charge in [-0.15, -0.1) is 0 Å². The fourth-order valence-electron chi connectivity index (χ4n) is 3.02. The summed E-state index contributed by atoms with van der Waals surface area (Å²) in [6.45, 7) is 16.3. The third kappa shape index (κ3) is 11.2. The van der Waals surface area contributed by atoms with Gasteiger partial charge in [0.1, 0.15) is 12.1 Å². The van der Waals surface area contributed by atoms with Crippen molar-refractivity contribution in [2.75, 3.05) is 13.7 Å². The van der Waals surface area contributed by atoms with Gasteiger partial charge >= 0.3 is 23.9 Å². The predicted octanol–water partition coefficient (Wildman–Crippen LogP) is 4.63. The lowest BCUT2D eigenvalue weighted by atomic mass is 9.97. The van der Waals surface area contributed by atoms with Crippen LogP contribution in [-0.2, 0) is 35.1 Å². The third-order valence-corrected chi connectivity index (χ3v) is 5.76. The highest BCUT2D eigenvalue weighted by atomic mass is 16.6. The van der Waals surface area contributed by atoms with Crippen LogP contribution in [0.25, 0.3) is 0 Å². The number of ether oxygens (including phenoxy) is 4. The first-order valence-corrected chi connectivity index (χ1v) is 13.1. The summed E-state index contributed by atoms with van der Waals surface area (Å²) in [6, 6.07) is 4.04. The summed E-state index contributed by atoms with van der Waals surface area (Å²) in [7, 11) is 1.29. The van der Waals surface area contributed by atoms with Gasteiger partial charge in [-0.1, -0.05) is 26.3 Å². The van der Waals surface area contributed by atoms with E-state index < -0.39 is 40.9 Å². The Bertz CT molecular complexity index is 974. The second-order valence-corrected chi connectivity index (χ2v) is 11.8. The molecule has 0 bridgehead atoms. The number of nitrogens with one attached hydrogen (secondary N) is 1. The zero-order valence-corrected chi connectivity index (χ0v) is 24.6. The van der Waals surface area contributed by atoms with Crippen LogP contribution in [0.1, 0.15) is 80.7 Å². The molecule has 0 fully saturated rings. The van der Waals surface area contributed by atoms with Gasteiger partial charge in [-0.2, -0.15) is 0 Å². The van der Waals surface area contributed by atoms with Gasteiger partial charge in [0.2, 0.25) is 0 Å². The lowest BCUT2D eigenvalue weighted by molar-refractivity contribution is -0.149. The molecule has 1 aromatic rings. The molecule has 9 heteroatoms. The van der Waals surface area contributed by atoms with Crippen molar-refractivity contribution in [3.63, 3.8) is 0 Å². The Kier molecular flexibility index (Phi) is 12.4. The van der Waals surface area contributed by atoms with E-state index in [1.165, 1.54) is 13.2 Å². The van der Waals surface area contributed by atoms with E-state index in [0.717, 1.165) is 6.42 Å². The van der Waals surface area contributed by atoms with Crippen LogP contribution < -0.4 is 14.8 Å². The molecule has 0 aromatic heterocycles. The minimum absolute atomic E-state index is 0.0796. The molecule has 3 atom stereocenters. The Hall–Kier alpha value is -2.94. The molecule has 9 nitrogen and oxygen atoms in total.